The van der Waals surface area contributed by atoms with Crippen molar-refractivity contribution in [3.63, 3.8) is 0 Å². The van der Waals surface area contributed by atoms with E-state index in [9.17, 15) is 18.3 Å². The predicted octanol–water partition coefficient (Wildman–Crippen LogP) is 4.39. The second-order valence-electron chi connectivity index (χ2n) is 11.7. The molecule has 3 aromatic rings. The Hall–Kier alpha value is -3.60. The van der Waals surface area contributed by atoms with Crippen molar-refractivity contribution in [2.24, 2.45) is 0 Å². The van der Waals surface area contributed by atoms with E-state index in [4.69, 9.17) is 9.47 Å². The summed E-state index contributed by atoms with van der Waals surface area (Å²) in [6, 6.07) is 20.3. The highest BCUT2D eigenvalue weighted by Gasteiger charge is 2.31. The molecule has 1 saturated heterocycles. The number of aliphatic hydroxyl groups excluding tert-OH is 1. The molecule has 1 saturated carbocycles. The van der Waals surface area contributed by atoms with Gasteiger partial charge in [0.15, 0.2) is 0 Å². The summed E-state index contributed by atoms with van der Waals surface area (Å²) in [7, 11) is -0.204. The number of nitrogens with one attached hydrogen (secondary N) is 2. The van der Waals surface area contributed by atoms with E-state index in [2.05, 4.69) is 10.6 Å². The molecule has 3 N–H and O–H groups in total. The fourth-order valence-corrected chi connectivity index (χ4v) is 7.76. The molecule has 0 aromatic heterocycles. The van der Waals surface area contributed by atoms with Gasteiger partial charge >= 0.3 is 0 Å². The molecule has 2 atom stereocenters. The van der Waals surface area contributed by atoms with Crippen LogP contribution in [0.3, 0.4) is 0 Å². The van der Waals surface area contributed by atoms with E-state index in [-0.39, 0.29) is 18.2 Å². The lowest BCUT2D eigenvalue weighted by molar-refractivity contribution is 0.0830. The summed E-state index contributed by atoms with van der Waals surface area (Å²) in [6.07, 6.45) is 4.40. The van der Waals surface area contributed by atoms with Crippen molar-refractivity contribution in [3.05, 3.63) is 89.0 Å². The highest BCUT2D eigenvalue weighted by atomic mass is 32.2. The molecular formula is C34H43N3O6S. The van der Waals surface area contributed by atoms with Crippen molar-refractivity contribution in [2.75, 3.05) is 37.4 Å². The summed E-state index contributed by atoms with van der Waals surface area (Å²) in [4.78, 5) is 13.8. The Morgan fingerprint density at radius 2 is 1.66 bits per heavy atom. The van der Waals surface area contributed by atoms with E-state index < -0.39 is 22.2 Å². The van der Waals surface area contributed by atoms with Crippen molar-refractivity contribution >= 4 is 21.6 Å². The largest absolute Gasteiger partial charge is 0.497 e. The highest BCUT2D eigenvalue weighted by molar-refractivity contribution is 7.93. The van der Waals surface area contributed by atoms with E-state index in [0.717, 1.165) is 42.4 Å². The van der Waals surface area contributed by atoms with Gasteiger partial charge in [-0.05, 0) is 78.6 Å². The molecule has 0 bridgehead atoms. The third-order valence-electron chi connectivity index (χ3n) is 8.59. The third kappa shape index (κ3) is 7.91. The van der Waals surface area contributed by atoms with Crippen LogP contribution >= 0.6 is 0 Å². The van der Waals surface area contributed by atoms with E-state index in [1.54, 1.807) is 26.4 Å². The fourth-order valence-electron chi connectivity index (χ4n) is 6.21. The lowest BCUT2D eigenvalue weighted by Gasteiger charge is -2.26. The summed E-state index contributed by atoms with van der Waals surface area (Å²) >= 11 is 0. The molecule has 0 spiro atoms. The van der Waals surface area contributed by atoms with Crippen LogP contribution in [0.15, 0.2) is 66.7 Å². The number of amides is 1. The molecule has 0 unspecified atom stereocenters. The van der Waals surface area contributed by atoms with Crippen molar-refractivity contribution in [1.29, 1.82) is 0 Å². The van der Waals surface area contributed by atoms with Crippen molar-refractivity contribution in [2.45, 2.75) is 63.1 Å². The molecule has 5 rings (SSSR count). The van der Waals surface area contributed by atoms with Gasteiger partial charge in [0.25, 0.3) is 5.91 Å². The van der Waals surface area contributed by atoms with Crippen LogP contribution in [-0.4, -0.2) is 64.6 Å². The van der Waals surface area contributed by atoms with Gasteiger partial charge in [-0.1, -0.05) is 43.2 Å². The van der Waals surface area contributed by atoms with Crippen molar-refractivity contribution in [1.82, 2.24) is 10.6 Å². The van der Waals surface area contributed by atoms with E-state index in [0.29, 0.717) is 54.6 Å². The minimum absolute atomic E-state index is 0.114. The number of carbonyl (C=O) groups is 1. The molecule has 1 aliphatic carbocycles. The van der Waals surface area contributed by atoms with Gasteiger partial charge in [0, 0.05) is 31.3 Å². The second kappa shape index (κ2) is 14.5. The zero-order valence-corrected chi connectivity index (χ0v) is 26.3. The second-order valence-corrected chi connectivity index (χ2v) is 13.7. The lowest BCUT2D eigenvalue weighted by Crippen LogP contribution is -2.48. The molecule has 2 aliphatic rings. The fraction of sp³-hybridized carbons (Fsp3) is 0.441. The summed E-state index contributed by atoms with van der Waals surface area (Å²) in [5.74, 6) is 1.44. The number of aliphatic hydroxyl groups is 1. The molecule has 3 aromatic carbocycles. The molecule has 1 heterocycles. The van der Waals surface area contributed by atoms with Gasteiger partial charge in [-0.3, -0.25) is 9.10 Å². The Balaban J connectivity index is 1.35. The number of hydrogen-bond acceptors (Lipinski definition) is 7. The number of sulfonamides is 1. The Morgan fingerprint density at radius 1 is 0.955 bits per heavy atom. The van der Waals surface area contributed by atoms with E-state index >= 15 is 0 Å². The predicted molar refractivity (Wildman–Crippen MR) is 172 cm³/mol. The zero-order chi connectivity index (χ0) is 31.1. The molecule has 1 amide bonds. The maximum atomic E-state index is 13.8. The Morgan fingerprint density at radius 3 is 2.30 bits per heavy atom. The summed E-state index contributed by atoms with van der Waals surface area (Å²) < 4.78 is 37.8. The quantitative estimate of drug-likeness (QED) is 0.259. The number of methoxy groups -OCH3 is 2. The molecule has 2 fully saturated rings. The number of hydrogen-bond donors (Lipinski definition) is 3. The number of benzene rings is 3. The first-order chi connectivity index (χ1) is 21.3. The average Bonchev–Trinajstić information content (AvgIpc) is 3.70. The normalized spacial score (nSPS) is 17.8. The van der Waals surface area contributed by atoms with Crippen LogP contribution in [0.5, 0.6) is 11.5 Å². The van der Waals surface area contributed by atoms with Crippen molar-refractivity contribution in [3.8, 4) is 11.5 Å². The molecule has 9 nitrogen and oxygen atoms in total. The van der Waals surface area contributed by atoms with Gasteiger partial charge in [0.05, 0.1) is 37.8 Å². The third-order valence-corrected chi connectivity index (χ3v) is 10.5. The average molecular weight is 622 g/mol. The first-order valence-corrected chi connectivity index (χ1v) is 17.0. The summed E-state index contributed by atoms with van der Waals surface area (Å²) in [5.41, 5.74) is 3.88. The maximum Gasteiger partial charge on any atom is 0.251 e. The number of anilines is 1. The van der Waals surface area contributed by atoms with Crippen molar-refractivity contribution < 1.29 is 27.8 Å². The van der Waals surface area contributed by atoms with Crippen LogP contribution in [0.1, 0.15) is 65.1 Å². The zero-order valence-electron chi connectivity index (χ0n) is 25.5. The number of nitrogens with zero attached hydrogens (tertiary/aromatic N) is 1. The standard InChI is InChI=1S/C34H43N3O6S/c1-42-30-15-25(16-31(21-30)43-2)22-35-23-33(38)32(17-24-9-4-3-5-10-24)36-34(39)28-18-27(26-11-6-7-12-26)19-29(20-28)37-13-8-14-44(37,40)41/h3-5,9-10,15-16,18-21,26,32-33,35,38H,6-8,11-14,17,22-23H2,1-2H3,(H,36,39)/t32-,33+/m0/s1. The SMILES string of the molecule is COc1cc(CNC[C@@H](O)[C@H](Cc2ccccc2)NC(=O)c2cc(C3CCCC3)cc(N3CCCS3(=O)=O)c2)cc(OC)c1. The maximum absolute atomic E-state index is 13.8. The molecule has 10 heteroatoms. The van der Waals surface area contributed by atoms with Crippen LogP contribution < -0.4 is 24.4 Å². The topological polar surface area (TPSA) is 117 Å². The highest BCUT2D eigenvalue weighted by Crippen LogP contribution is 2.37. The van der Waals surface area contributed by atoms with Gasteiger partial charge in [0.2, 0.25) is 10.0 Å². The Labute approximate surface area is 260 Å². The minimum atomic E-state index is -3.40. The van der Waals surface area contributed by atoms with E-state index in [1.807, 2.05) is 54.6 Å². The first kappa shape index (κ1) is 31.8. The monoisotopic (exact) mass is 621 g/mol. The van der Waals surface area contributed by atoms with Crippen LogP contribution in [-0.2, 0) is 23.0 Å². The van der Waals surface area contributed by atoms with Gasteiger partial charge in [-0.25, -0.2) is 8.42 Å². The minimum Gasteiger partial charge on any atom is -0.497 e. The number of rotatable bonds is 13. The molecule has 236 valence electrons. The lowest BCUT2D eigenvalue weighted by atomic mass is 9.94. The van der Waals surface area contributed by atoms with E-state index in [1.165, 1.54) is 4.31 Å². The van der Waals surface area contributed by atoms with Gasteiger partial charge in [-0.2, -0.15) is 0 Å². The summed E-state index contributed by atoms with van der Waals surface area (Å²) in [6.45, 7) is 1.11. The molecule has 1 aliphatic heterocycles. The first-order valence-electron chi connectivity index (χ1n) is 15.4. The Bertz CT molecular complexity index is 1500. The van der Waals surface area contributed by atoms with Crippen LogP contribution in [0.2, 0.25) is 0 Å². The molecular weight excluding hydrogens is 578 g/mol. The van der Waals surface area contributed by atoms with Gasteiger partial charge in [0.1, 0.15) is 11.5 Å². The van der Waals surface area contributed by atoms with Gasteiger partial charge in [-0.15, -0.1) is 0 Å². The number of carbonyl (C=O) groups excluding carboxylic acids is 1. The molecule has 44 heavy (non-hydrogen) atoms. The van der Waals surface area contributed by atoms with Crippen LogP contribution in [0.25, 0.3) is 0 Å². The van der Waals surface area contributed by atoms with Crippen LogP contribution in [0, 0.1) is 0 Å². The Kier molecular flexibility index (Phi) is 10.5. The molecule has 0 radical (unpaired) electrons. The smallest absolute Gasteiger partial charge is 0.251 e. The summed E-state index contributed by atoms with van der Waals surface area (Å²) in [5, 5.41) is 17.7. The van der Waals surface area contributed by atoms with Gasteiger partial charge < -0.3 is 25.2 Å². The number of ether oxygens (including phenoxy) is 2. The van der Waals surface area contributed by atoms with Crippen LogP contribution in [0.4, 0.5) is 5.69 Å².